The summed E-state index contributed by atoms with van der Waals surface area (Å²) in [5, 5.41) is 0. The standard InChI is InChI=1S/C21H20F3N3O/c1-14-19(25-21(28-14)16-7-6-15(22)12-18(16)24)13-26-8-10-27(11-9-26)20-5-3-2-4-17(20)23/h2-7,12H,8-11,13H2,1H3. The highest BCUT2D eigenvalue weighted by Crippen LogP contribution is 2.26. The molecule has 1 saturated heterocycles. The van der Waals surface area contributed by atoms with E-state index in [-0.39, 0.29) is 17.3 Å². The lowest BCUT2D eigenvalue weighted by Crippen LogP contribution is -2.46. The summed E-state index contributed by atoms with van der Waals surface area (Å²) in [6.45, 7) is 5.25. The molecule has 1 fully saturated rings. The molecule has 0 radical (unpaired) electrons. The van der Waals surface area contributed by atoms with E-state index in [1.165, 1.54) is 18.2 Å². The molecule has 0 bridgehead atoms. The van der Waals surface area contributed by atoms with E-state index in [0.29, 0.717) is 31.1 Å². The second-order valence-electron chi connectivity index (χ2n) is 6.86. The van der Waals surface area contributed by atoms with Crippen molar-refractivity contribution in [1.82, 2.24) is 9.88 Å². The van der Waals surface area contributed by atoms with Gasteiger partial charge in [0.2, 0.25) is 5.89 Å². The molecule has 0 saturated carbocycles. The van der Waals surface area contributed by atoms with Crippen molar-refractivity contribution < 1.29 is 17.6 Å². The predicted molar refractivity (Wildman–Crippen MR) is 100 cm³/mol. The average Bonchev–Trinajstić information content (AvgIpc) is 3.03. The van der Waals surface area contributed by atoms with Crippen LogP contribution in [0.3, 0.4) is 0 Å². The Labute approximate surface area is 161 Å². The number of rotatable bonds is 4. The van der Waals surface area contributed by atoms with Gasteiger partial charge in [0.15, 0.2) is 0 Å². The molecule has 2 heterocycles. The first-order valence-electron chi connectivity index (χ1n) is 9.15. The molecule has 1 aromatic heterocycles. The minimum absolute atomic E-state index is 0.139. The fraction of sp³-hybridized carbons (Fsp3) is 0.286. The lowest BCUT2D eigenvalue weighted by molar-refractivity contribution is 0.245. The molecule has 0 unspecified atom stereocenters. The first-order chi connectivity index (χ1) is 13.5. The second-order valence-corrected chi connectivity index (χ2v) is 6.86. The fourth-order valence-electron chi connectivity index (χ4n) is 3.42. The van der Waals surface area contributed by atoms with E-state index in [1.807, 2.05) is 11.0 Å². The summed E-state index contributed by atoms with van der Waals surface area (Å²) in [5.74, 6) is -0.803. The van der Waals surface area contributed by atoms with Crippen LogP contribution in [0.1, 0.15) is 11.5 Å². The van der Waals surface area contributed by atoms with E-state index in [4.69, 9.17) is 4.42 Å². The number of hydrogen-bond donors (Lipinski definition) is 0. The molecule has 146 valence electrons. The second kappa shape index (κ2) is 7.67. The first kappa shape index (κ1) is 18.6. The molecule has 4 nitrogen and oxygen atoms in total. The van der Waals surface area contributed by atoms with E-state index >= 15 is 0 Å². The van der Waals surface area contributed by atoms with Gasteiger partial charge in [-0.2, -0.15) is 0 Å². The van der Waals surface area contributed by atoms with Crippen LogP contribution in [0.15, 0.2) is 46.9 Å². The van der Waals surface area contributed by atoms with E-state index in [1.54, 1.807) is 19.1 Å². The van der Waals surface area contributed by atoms with Gasteiger partial charge in [-0.15, -0.1) is 0 Å². The van der Waals surface area contributed by atoms with Crippen LogP contribution >= 0.6 is 0 Å². The van der Waals surface area contributed by atoms with Gasteiger partial charge in [-0.3, -0.25) is 4.90 Å². The monoisotopic (exact) mass is 387 g/mol. The molecule has 0 spiro atoms. The number of piperazine rings is 1. The zero-order valence-corrected chi connectivity index (χ0v) is 15.5. The third-order valence-electron chi connectivity index (χ3n) is 4.99. The molecular weight excluding hydrogens is 367 g/mol. The van der Waals surface area contributed by atoms with E-state index in [2.05, 4.69) is 9.88 Å². The van der Waals surface area contributed by atoms with Gasteiger partial charge in [-0.1, -0.05) is 12.1 Å². The number of oxazole rings is 1. The van der Waals surface area contributed by atoms with Crippen LogP contribution in [0.4, 0.5) is 18.9 Å². The van der Waals surface area contributed by atoms with E-state index < -0.39 is 11.6 Å². The molecule has 0 aliphatic carbocycles. The van der Waals surface area contributed by atoms with Crippen LogP contribution in [0, 0.1) is 24.4 Å². The van der Waals surface area contributed by atoms with Crippen LogP contribution in [-0.4, -0.2) is 36.1 Å². The molecule has 4 rings (SSSR count). The Morgan fingerprint density at radius 1 is 0.964 bits per heavy atom. The highest BCUT2D eigenvalue weighted by atomic mass is 19.1. The number of para-hydroxylation sites is 1. The van der Waals surface area contributed by atoms with Crippen LogP contribution in [0.5, 0.6) is 0 Å². The Morgan fingerprint density at radius 3 is 2.43 bits per heavy atom. The van der Waals surface area contributed by atoms with Crippen molar-refractivity contribution in [1.29, 1.82) is 0 Å². The number of aromatic nitrogens is 1. The maximum absolute atomic E-state index is 14.0. The molecule has 0 N–H and O–H groups in total. The normalized spacial score (nSPS) is 15.2. The SMILES string of the molecule is Cc1oc(-c2ccc(F)cc2F)nc1CN1CCN(c2ccccc2F)CC1. The van der Waals surface area contributed by atoms with Gasteiger partial charge >= 0.3 is 0 Å². The summed E-state index contributed by atoms with van der Waals surface area (Å²) in [6.07, 6.45) is 0. The van der Waals surface area contributed by atoms with Crippen molar-refractivity contribution >= 4 is 5.69 Å². The van der Waals surface area contributed by atoms with Crippen LogP contribution in [0.25, 0.3) is 11.5 Å². The molecule has 3 aromatic rings. The highest BCUT2D eigenvalue weighted by molar-refractivity contribution is 5.54. The third-order valence-corrected chi connectivity index (χ3v) is 4.99. The largest absolute Gasteiger partial charge is 0.441 e. The molecular formula is C21H20F3N3O. The van der Waals surface area contributed by atoms with Crippen molar-refractivity contribution in [2.45, 2.75) is 13.5 Å². The zero-order valence-electron chi connectivity index (χ0n) is 15.5. The van der Waals surface area contributed by atoms with E-state index in [0.717, 1.165) is 24.8 Å². The minimum atomic E-state index is -0.702. The van der Waals surface area contributed by atoms with Gasteiger partial charge in [0.05, 0.1) is 16.9 Å². The molecule has 0 amide bonds. The number of aryl methyl sites for hydroxylation is 1. The van der Waals surface area contributed by atoms with Crippen molar-refractivity contribution in [3.05, 3.63) is 71.4 Å². The predicted octanol–water partition coefficient (Wildman–Crippen LogP) is 4.39. The van der Waals surface area contributed by atoms with Gasteiger partial charge in [-0.05, 0) is 31.2 Å². The molecule has 1 aliphatic heterocycles. The summed E-state index contributed by atoms with van der Waals surface area (Å²) in [6, 6.07) is 10.1. The molecule has 28 heavy (non-hydrogen) atoms. The summed E-state index contributed by atoms with van der Waals surface area (Å²) >= 11 is 0. The zero-order chi connectivity index (χ0) is 19.7. The Bertz CT molecular complexity index is 981. The summed E-state index contributed by atoms with van der Waals surface area (Å²) < 4.78 is 46.7. The highest BCUT2D eigenvalue weighted by Gasteiger charge is 2.22. The lowest BCUT2D eigenvalue weighted by atomic mass is 10.2. The number of benzene rings is 2. The molecule has 7 heteroatoms. The Morgan fingerprint density at radius 2 is 1.71 bits per heavy atom. The van der Waals surface area contributed by atoms with E-state index in [9.17, 15) is 13.2 Å². The topological polar surface area (TPSA) is 32.5 Å². The smallest absolute Gasteiger partial charge is 0.229 e. The Hall–Kier alpha value is -2.80. The van der Waals surface area contributed by atoms with Gasteiger partial charge in [0.1, 0.15) is 23.2 Å². The number of nitrogens with zero attached hydrogens (tertiary/aromatic N) is 3. The fourth-order valence-corrected chi connectivity index (χ4v) is 3.42. The molecule has 0 atom stereocenters. The maximum atomic E-state index is 14.0. The van der Waals surface area contributed by atoms with Gasteiger partial charge in [0.25, 0.3) is 0 Å². The number of hydrogen-bond acceptors (Lipinski definition) is 4. The average molecular weight is 387 g/mol. The van der Waals surface area contributed by atoms with Crippen LogP contribution < -0.4 is 4.90 Å². The summed E-state index contributed by atoms with van der Waals surface area (Å²) in [4.78, 5) is 8.64. The van der Waals surface area contributed by atoms with Gasteiger partial charge in [0, 0.05) is 38.8 Å². The van der Waals surface area contributed by atoms with Gasteiger partial charge < -0.3 is 9.32 Å². The van der Waals surface area contributed by atoms with Crippen LogP contribution in [-0.2, 0) is 6.54 Å². The van der Waals surface area contributed by atoms with Crippen molar-refractivity contribution in [3.8, 4) is 11.5 Å². The van der Waals surface area contributed by atoms with Crippen LogP contribution in [0.2, 0.25) is 0 Å². The Kier molecular flexibility index (Phi) is 5.09. The van der Waals surface area contributed by atoms with Gasteiger partial charge in [-0.25, -0.2) is 18.2 Å². The molecule has 1 aliphatic rings. The summed E-state index contributed by atoms with van der Waals surface area (Å²) in [5.41, 5.74) is 1.48. The van der Waals surface area contributed by atoms with Crippen molar-refractivity contribution in [3.63, 3.8) is 0 Å². The quantitative estimate of drug-likeness (QED) is 0.665. The third kappa shape index (κ3) is 3.75. The summed E-state index contributed by atoms with van der Waals surface area (Å²) in [7, 11) is 0. The molecule has 2 aromatic carbocycles. The van der Waals surface area contributed by atoms with Crippen molar-refractivity contribution in [2.24, 2.45) is 0 Å². The number of halogens is 3. The minimum Gasteiger partial charge on any atom is -0.441 e. The van der Waals surface area contributed by atoms with Crippen molar-refractivity contribution in [2.75, 3.05) is 31.1 Å². The Balaban J connectivity index is 1.43. The lowest BCUT2D eigenvalue weighted by Gasteiger charge is -2.35. The maximum Gasteiger partial charge on any atom is 0.229 e. The number of anilines is 1. The first-order valence-corrected chi connectivity index (χ1v) is 9.15.